The number of aryl methyl sites for hydroxylation is 2. The molecule has 1 heterocycles. The van der Waals surface area contributed by atoms with E-state index in [0.717, 1.165) is 51.1 Å². The van der Waals surface area contributed by atoms with Crippen molar-refractivity contribution < 1.29 is 9.47 Å². The summed E-state index contributed by atoms with van der Waals surface area (Å²) >= 11 is 0. The average molecular weight is 295 g/mol. The highest BCUT2D eigenvalue weighted by Crippen LogP contribution is 2.36. The third-order valence-corrected chi connectivity index (χ3v) is 4.05. The lowest BCUT2D eigenvalue weighted by atomic mass is 10.0. The molecular formula is C19H21NO2. The van der Waals surface area contributed by atoms with Crippen molar-refractivity contribution in [3.8, 4) is 11.5 Å². The zero-order valence-electron chi connectivity index (χ0n) is 13.5. The Morgan fingerprint density at radius 3 is 2.55 bits per heavy atom. The van der Waals surface area contributed by atoms with Crippen LogP contribution in [0, 0.1) is 13.8 Å². The summed E-state index contributed by atoms with van der Waals surface area (Å²) in [5.41, 5.74) is 4.38. The molecule has 3 rings (SSSR count). The first kappa shape index (κ1) is 14.5. The molecule has 0 aliphatic carbocycles. The van der Waals surface area contributed by atoms with Crippen molar-refractivity contribution in [2.24, 2.45) is 0 Å². The fraction of sp³-hybridized carbons (Fsp3) is 0.263. The van der Waals surface area contributed by atoms with Gasteiger partial charge in [0.15, 0.2) is 0 Å². The molecular weight excluding hydrogens is 274 g/mol. The molecule has 2 aromatic rings. The quantitative estimate of drug-likeness (QED) is 0.944. The normalized spacial score (nSPS) is 12.3. The molecule has 0 saturated carbocycles. The van der Waals surface area contributed by atoms with E-state index in [4.69, 9.17) is 9.47 Å². The van der Waals surface area contributed by atoms with Crippen molar-refractivity contribution >= 4 is 18.0 Å². The van der Waals surface area contributed by atoms with E-state index in [-0.39, 0.29) is 0 Å². The van der Waals surface area contributed by atoms with Crippen LogP contribution in [0.3, 0.4) is 0 Å². The topological polar surface area (TPSA) is 30.5 Å². The lowest BCUT2D eigenvalue weighted by Gasteiger charge is -2.22. The van der Waals surface area contributed by atoms with Gasteiger partial charge in [-0.15, -0.1) is 0 Å². The van der Waals surface area contributed by atoms with Gasteiger partial charge >= 0.3 is 0 Å². The van der Waals surface area contributed by atoms with Crippen molar-refractivity contribution in [3.63, 3.8) is 0 Å². The largest absolute Gasteiger partial charge is 0.495 e. The third-order valence-electron chi connectivity index (χ3n) is 4.05. The van der Waals surface area contributed by atoms with Crippen LogP contribution >= 0.6 is 0 Å². The predicted molar refractivity (Wildman–Crippen MR) is 90.9 cm³/mol. The minimum Gasteiger partial charge on any atom is -0.495 e. The Balaban J connectivity index is 2.30. The number of methoxy groups -OCH3 is 1. The van der Waals surface area contributed by atoms with Gasteiger partial charge in [-0.05, 0) is 55.3 Å². The second kappa shape index (κ2) is 5.41. The fourth-order valence-electron chi connectivity index (χ4n) is 2.81. The van der Waals surface area contributed by atoms with Gasteiger partial charge in [0.2, 0.25) is 0 Å². The molecule has 0 fully saturated rings. The number of hydrogen-bond acceptors (Lipinski definition) is 3. The van der Waals surface area contributed by atoms with E-state index >= 15 is 0 Å². The standard InChI is InChI=1S/C19H21NO2/c1-6-20-16-10-18-15(8-13(16)4)19(21-5)14-7-11(2)12(3)9-17(14)22-18/h7-10,20H,3,6H2,1-2,4-5H3. The van der Waals surface area contributed by atoms with Gasteiger partial charge in [0.05, 0.1) is 17.9 Å². The van der Waals surface area contributed by atoms with Gasteiger partial charge in [-0.1, -0.05) is 6.58 Å². The highest BCUT2D eigenvalue weighted by atomic mass is 16.5. The Morgan fingerprint density at radius 2 is 1.86 bits per heavy atom. The van der Waals surface area contributed by atoms with E-state index in [9.17, 15) is 0 Å². The Hall–Kier alpha value is -2.42. The Kier molecular flexibility index (Phi) is 3.57. The molecule has 3 nitrogen and oxygen atoms in total. The minimum atomic E-state index is 0.797. The maximum atomic E-state index is 6.11. The number of hydrogen-bond donors (Lipinski definition) is 1. The van der Waals surface area contributed by atoms with Gasteiger partial charge in [-0.3, -0.25) is 0 Å². The monoisotopic (exact) mass is 295 g/mol. The van der Waals surface area contributed by atoms with Crippen molar-refractivity contribution in [2.75, 3.05) is 19.0 Å². The van der Waals surface area contributed by atoms with Crippen LogP contribution < -0.4 is 20.5 Å². The Labute approximate surface area is 130 Å². The van der Waals surface area contributed by atoms with Crippen LogP contribution in [0.25, 0.3) is 12.3 Å². The fourth-order valence-corrected chi connectivity index (χ4v) is 2.81. The number of anilines is 1. The van der Waals surface area contributed by atoms with E-state index in [0.29, 0.717) is 0 Å². The second-order valence-corrected chi connectivity index (χ2v) is 5.60. The number of fused-ring (bicyclic) bond motifs is 2. The Morgan fingerprint density at radius 1 is 1.09 bits per heavy atom. The van der Waals surface area contributed by atoms with Crippen LogP contribution in [0.5, 0.6) is 11.5 Å². The molecule has 0 spiro atoms. The summed E-state index contributed by atoms with van der Waals surface area (Å²) in [7, 11) is 1.70. The van der Waals surface area contributed by atoms with E-state index in [2.05, 4.69) is 37.9 Å². The molecule has 1 aliphatic rings. The molecule has 0 bridgehead atoms. The summed E-state index contributed by atoms with van der Waals surface area (Å²) in [4.78, 5) is 0. The summed E-state index contributed by atoms with van der Waals surface area (Å²) in [5, 5.41) is 5.31. The average Bonchev–Trinajstić information content (AvgIpc) is 2.48. The SMILES string of the molecule is C=c1cc2c(cc1C)=C(OC)c1cc(C)c(NCC)cc1O2. The first-order valence-electron chi connectivity index (χ1n) is 7.49. The van der Waals surface area contributed by atoms with Gasteiger partial charge < -0.3 is 14.8 Å². The molecule has 0 unspecified atom stereocenters. The lowest BCUT2D eigenvalue weighted by molar-refractivity contribution is 0.355. The molecule has 22 heavy (non-hydrogen) atoms. The predicted octanol–water partition coefficient (Wildman–Crippen LogP) is 3.05. The van der Waals surface area contributed by atoms with Crippen molar-refractivity contribution in [1.29, 1.82) is 0 Å². The maximum Gasteiger partial charge on any atom is 0.140 e. The van der Waals surface area contributed by atoms with Gasteiger partial charge in [-0.2, -0.15) is 0 Å². The molecule has 1 aliphatic heterocycles. The van der Waals surface area contributed by atoms with Crippen LogP contribution in [0.1, 0.15) is 23.6 Å². The highest BCUT2D eigenvalue weighted by molar-refractivity contribution is 5.74. The molecule has 1 N–H and O–H groups in total. The van der Waals surface area contributed by atoms with Crippen molar-refractivity contribution in [2.45, 2.75) is 20.8 Å². The Bertz CT molecular complexity index is 853. The lowest BCUT2D eigenvalue weighted by Crippen LogP contribution is -2.21. The first-order valence-corrected chi connectivity index (χ1v) is 7.49. The van der Waals surface area contributed by atoms with E-state index in [1.165, 1.54) is 5.56 Å². The van der Waals surface area contributed by atoms with Crippen LogP contribution in [0.4, 0.5) is 5.69 Å². The summed E-state index contributed by atoms with van der Waals surface area (Å²) < 4.78 is 11.8. The minimum absolute atomic E-state index is 0.797. The highest BCUT2D eigenvalue weighted by Gasteiger charge is 2.21. The molecule has 114 valence electrons. The van der Waals surface area contributed by atoms with Gasteiger partial charge in [0.1, 0.15) is 17.3 Å². The number of nitrogens with one attached hydrogen (secondary N) is 1. The van der Waals surface area contributed by atoms with Gasteiger partial charge in [0.25, 0.3) is 0 Å². The summed E-state index contributed by atoms with van der Waals surface area (Å²) in [5.74, 6) is 2.46. The van der Waals surface area contributed by atoms with Gasteiger partial charge in [0, 0.05) is 18.3 Å². The molecule has 2 aromatic carbocycles. The first-order chi connectivity index (χ1) is 10.5. The summed E-state index contributed by atoms with van der Waals surface area (Å²) in [6.45, 7) is 11.1. The molecule has 3 heteroatoms. The van der Waals surface area contributed by atoms with E-state index in [1.54, 1.807) is 7.11 Å². The zero-order valence-corrected chi connectivity index (χ0v) is 13.5. The molecule has 0 aromatic heterocycles. The second-order valence-electron chi connectivity index (χ2n) is 5.60. The molecule has 0 amide bonds. The molecule has 0 saturated heterocycles. The van der Waals surface area contributed by atoms with E-state index < -0.39 is 0 Å². The van der Waals surface area contributed by atoms with Crippen LogP contribution in [-0.4, -0.2) is 13.7 Å². The molecule has 0 atom stereocenters. The van der Waals surface area contributed by atoms with Crippen LogP contribution in [0.2, 0.25) is 0 Å². The number of ether oxygens (including phenoxy) is 2. The van der Waals surface area contributed by atoms with Gasteiger partial charge in [-0.25, -0.2) is 0 Å². The van der Waals surface area contributed by atoms with Crippen LogP contribution in [-0.2, 0) is 4.74 Å². The van der Waals surface area contributed by atoms with E-state index in [1.807, 2.05) is 19.1 Å². The number of rotatable bonds is 3. The smallest absolute Gasteiger partial charge is 0.140 e. The summed E-state index contributed by atoms with van der Waals surface area (Å²) in [6.07, 6.45) is 0. The third kappa shape index (κ3) is 2.23. The number of benzene rings is 2. The summed E-state index contributed by atoms with van der Waals surface area (Å²) in [6, 6.07) is 8.20. The van der Waals surface area contributed by atoms with Crippen molar-refractivity contribution in [1.82, 2.24) is 0 Å². The van der Waals surface area contributed by atoms with Crippen molar-refractivity contribution in [3.05, 3.63) is 51.4 Å². The zero-order chi connectivity index (χ0) is 15.9. The molecule has 0 radical (unpaired) electrons. The van der Waals surface area contributed by atoms with Crippen LogP contribution in [0.15, 0.2) is 24.3 Å². The maximum absolute atomic E-state index is 6.11.